The molecular formula is C55H46N4. The van der Waals surface area contributed by atoms with Crippen LogP contribution in [0.25, 0.3) is 49.9 Å². The standard InChI is InChI=1S/C55H46N4/c1-36(2)42-18-5-6-19-43(42)38-30-31-56-54(32-38)59-50-25-12-9-22-46(50)47-29-28-40(34-53(47)59)55(48-23-10-7-20-44(48)45-21-8-11-24-49(45)55)39-16-15-17-41(33-39)58-35-57(37(3)4)51-26-13-14-27-52(51)58/h5-34,36-37H,35H2,1-4H3. The molecule has 0 amide bonds. The first-order chi connectivity index (χ1) is 28.9. The fraction of sp³-hybridized carbons (Fsp3) is 0.145. The Balaban J connectivity index is 1.17. The van der Waals surface area contributed by atoms with Crippen LogP contribution in [0.2, 0.25) is 0 Å². The molecule has 0 fully saturated rings. The monoisotopic (exact) mass is 762 g/mol. The van der Waals surface area contributed by atoms with Gasteiger partial charge in [-0.2, -0.15) is 0 Å². The molecule has 2 aliphatic rings. The number of fused-ring (bicyclic) bond motifs is 7. The molecule has 1 aliphatic heterocycles. The van der Waals surface area contributed by atoms with Crippen LogP contribution in [0, 0.1) is 0 Å². The highest BCUT2D eigenvalue weighted by Crippen LogP contribution is 2.57. The predicted molar refractivity (Wildman–Crippen MR) is 246 cm³/mol. The van der Waals surface area contributed by atoms with Gasteiger partial charge < -0.3 is 9.80 Å². The molecule has 2 aromatic heterocycles. The van der Waals surface area contributed by atoms with Crippen molar-refractivity contribution in [1.82, 2.24) is 9.55 Å². The molecule has 3 heterocycles. The lowest BCUT2D eigenvalue weighted by molar-refractivity contribution is 0.708. The summed E-state index contributed by atoms with van der Waals surface area (Å²) in [5.41, 5.74) is 16.8. The summed E-state index contributed by atoms with van der Waals surface area (Å²) in [6.45, 7) is 9.91. The first kappa shape index (κ1) is 35.3. The van der Waals surface area contributed by atoms with Gasteiger partial charge in [0.05, 0.1) is 34.5 Å². The van der Waals surface area contributed by atoms with Crippen molar-refractivity contribution in [3.63, 3.8) is 0 Å². The molecule has 0 radical (unpaired) electrons. The Hall–Kier alpha value is -6.91. The molecule has 0 N–H and O–H groups in total. The first-order valence-electron chi connectivity index (χ1n) is 21.0. The SMILES string of the molecule is CC(C)c1ccccc1-c1ccnc(-n2c3ccccc3c3ccc(C4(c5cccc(N6CN(C(C)C)c7ccccc76)c5)c5ccccc5-c5ccccc54)cc32)c1. The molecule has 0 atom stereocenters. The lowest BCUT2D eigenvalue weighted by Gasteiger charge is -2.35. The summed E-state index contributed by atoms with van der Waals surface area (Å²) in [5, 5.41) is 2.43. The van der Waals surface area contributed by atoms with Gasteiger partial charge in [-0.1, -0.05) is 141 Å². The summed E-state index contributed by atoms with van der Waals surface area (Å²) >= 11 is 0. The molecule has 9 aromatic rings. The Bertz CT molecular complexity index is 3030. The zero-order valence-electron chi connectivity index (χ0n) is 34.0. The van der Waals surface area contributed by atoms with Crippen LogP contribution in [0.4, 0.5) is 17.1 Å². The van der Waals surface area contributed by atoms with E-state index in [4.69, 9.17) is 4.98 Å². The molecule has 0 spiro atoms. The average Bonchev–Trinajstić information content (AvgIpc) is 3.93. The van der Waals surface area contributed by atoms with E-state index in [1.807, 2.05) is 6.20 Å². The predicted octanol–water partition coefficient (Wildman–Crippen LogP) is 13.7. The number of nitrogens with zero attached hydrogens (tertiary/aromatic N) is 4. The van der Waals surface area contributed by atoms with E-state index >= 15 is 0 Å². The van der Waals surface area contributed by atoms with Gasteiger partial charge in [0.2, 0.25) is 0 Å². The molecule has 4 heteroatoms. The summed E-state index contributed by atoms with van der Waals surface area (Å²) in [7, 11) is 0. The third-order valence-corrected chi connectivity index (χ3v) is 12.9. The van der Waals surface area contributed by atoms with Crippen molar-refractivity contribution < 1.29 is 0 Å². The Morgan fingerprint density at radius 2 is 1.17 bits per heavy atom. The molecule has 0 saturated heterocycles. The minimum Gasteiger partial charge on any atom is -0.349 e. The van der Waals surface area contributed by atoms with Crippen molar-refractivity contribution in [2.75, 3.05) is 16.5 Å². The van der Waals surface area contributed by atoms with Crippen LogP contribution >= 0.6 is 0 Å². The molecule has 0 bridgehead atoms. The summed E-state index contributed by atoms with van der Waals surface area (Å²) in [6, 6.07) is 65.8. The van der Waals surface area contributed by atoms with E-state index in [-0.39, 0.29) is 0 Å². The summed E-state index contributed by atoms with van der Waals surface area (Å²) in [6.07, 6.45) is 1.97. The van der Waals surface area contributed by atoms with Gasteiger partial charge in [0.25, 0.3) is 0 Å². The summed E-state index contributed by atoms with van der Waals surface area (Å²) < 4.78 is 2.38. The lowest BCUT2D eigenvalue weighted by atomic mass is 9.67. The van der Waals surface area contributed by atoms with E-state index in [1.165, 1.54) is 77.9 Å². The second-order valence-electron chi connectivity index (χ2n) is 16.7. The van der Waals surface area contributed by atoms with E-state index < -0.39 is 5.41 Å². The Morgan fingerprint density at radius 1 is 0.525 bits per heavy atom. The van der Waals surface area contributed by atoms with E-state index in [2.05, 4.69) is 218 Å². The van der Waals surface area contributed by atoms with Crippen LogP contribution in [0.1, 0.15) is 61.4 Å². The van der Waals surface area contributed by atoms with Gasteiger partial charge in [0.15, 0.2) is 0 Å². The fourth-order valence-electron chi connectivity index (χ4n) is 10.3. The number of para-hydroxylation sites is 3. The van der Waals surface area contributed by atoms with Crippen LogP contribution in [-0.4, -0.2) is 22.3 Å². The van der Waals surface area contributed by atoms with E-state index in [1.54, 1.807) is 0 Å². The van der Waals surface area contributed by atoms with Crippen molar-refractivity contribution in [1.29, 1.82) is 0 Å². The zero-order chi connectivity index (χ0) is 39.8. The maximum Gasteiger partial charge on any atom is 0.138 e. The van der Waals surface area contributed by atoms with Gasteiger partial charge in [-0.05, 0) is 118 Å². The number of benzene rings is 7. The number of aromatic nitrogens is 2. The van der Waals surface area contributed by atoms with Gasteiger partial charge in [-0.3, -0.25) is 4.57 Å². The molecule has 4 nitrogen and oxygen atoms in total. The lowest BCUT2D eigenvalue weighted by Crippen LogP contribution is -2.33. The minimum atomic E-state index is -0.582. The minimum absolute atomic E-state index is 0.378. The largest absolute Gasteiger partial charge is 0.349 e. The van der Waals surface area contributed by atoms with Gasteiger partial charge in [0.1, 0.15) is 5.82 Å². The second kappa shape index (κ2) is 13.6. The van der Waals surface area contributed by atoms with Gasteiger partial charge in [-0.15, -0.1) is 0 Å². The molecule has 7 aromatic carbocycles. The number of rotatable bonds is 7. The zero-order valence-corrected chi connectivity index (χ0v) is 34.0. The highest BCUT2D eigenvalue weighted by atomic mass is 15.4. The normalized spacial score (nSPS) is 14.1. The highest BCUT2D eigenvalue weighted by Gasteiger charge is 2.46. The molecule has 286 valence electrons. The molecular weight excluding hydrogens is 717 g/mol. The molecule has 0 unspecified atom stereocenters. The molecule has 0 saturated carbocycles. The Labute approximate surface area is 346 Å². The number of anilines is 3. The summed E-state index contributed by atoms with van der Waals surface area (Å²) in [4.78, 5) is 10.1. The average molecular weight is 763 g/mol. The van der Waals surface area contributed by atoms with Crippen LogP contribution < -0.4 is 9.80 Å². The maximum absolute atomic E-state index is 5.10. The van der Waals surface area contributed by atoms with Crippen molar-refractivity contribution in [2.45, 2.75) is 45.1 Å². The van der Waals surface area contributed by atoms with E-state index in [9.17, 15) is 0 Å². The number of hydrogen-bond acceptors (Lipinski definition) is 3. The van der Waals surface area contributed by atoms with Gasteiger partial charge >= 0.3 is 0 Å². The van der Waals surface area contributed by atoms with Crippen LogP contribution in [-0.2, 0) is 5.41 Å². The van der Waals surface area contributed by atoms with E-state index in [0.29, 0.717) is 12.0 Å². The van der Waals surface area contributed by atoms with Gasteiger partial charge in [-0.25, -0.2) is 4.98 Å². The van der Waals surface area contributed by atoms with Crippen molar-refractivity contribution in [3.05, 3.63) is 210 Å². The van der Waals surface area contributed by atoms with Crippen LogP contribution in [0.5, 0.6) is 0 Å². The van der Waals surface area contributed by atoms with Crippen LogP contribution in [0.3, 0.4) is 0 Å². The van der Waals surface area contributed by atoms with Crippen molar-refractivity contribution in [2.24, 2.45) is 0 Å². The van der Waals surface area contributed by atoms with Crippen LogP contribution in [0.15, 0.2) is 182 Å². The fourth-order valence-corrected chi connectivity index (χ4v) is 10.3. The number of hydrogen-bond donors (Lipinski definition) is 0. The second-order valence-corrected chi connectivity index (χ2v) is 16.7. The van der Waals surface area contributed by atoms with Gasteiger partial charge in [0, 0.05) is 28.7 Å². The summed E-state index contributed by atoms with van der Waals surface area (Å²) in [5.74, 6) is 1.31. The third kappa shape index (κ3) is 5.25. The van der Waals surface area contributed by atoms with Crippen molar-refractivity contribution >= 4 is 38.9 Å². The molecule has 1 aliphatic carbocycles. The van der Waals surface area contributed by atoms with E-state index in [0.717, 1.165) is 23.5 Å². The topological polar surface area (TPSA) is 24.3 Å². The third-order valence-electron chi connectivity index (χ3n) is 12.9. The first-order valence-corrected chi connectivity index (χ1v) is 21.0. The maximum atomic E-state index is 5.10. The quantitative estimate of drug-likeness (QED) is 0.162. The smallest absolute Gasteiger partial charge is 0.138 e. The Morgan fingerprint density at radius 3 is 1.93 bits per heavy atom. The molecule has 59 heavy (non-hydrogen) atoms. The Kier molecular flexibility index (Phi) is 8.13. The molecule has 11 rings (SSSR count). The highest BCUT2D eigenvalue weighted by molar-refractivity contribution is 6.09. The van der Waals surface area contributed by atoms with Crippen molar-refractivity contribution in [3.8, 4) is 28.1 Å². The number of pyridine rings is 1.